The normalized spacial score (nSPS) is 15.8. The Balaban J connectivity index is 1.55. The van der Waals surface area contributed by atoms with E-state index in [1.54, 1.807) is 12.5 Å². The molecule has 24 heavy (non-hydrogen) atoms. The number of nitrogens with zero attached hydrogens (tertiary/aromatic N) is 6. The fraction of sp³-hybridized carbons (Fsp3) is 0.500. The van der Waals surface area contributed by atoms with Gasteiger partial charge in [0, 0.05) is 56.4 Å². The smallest absolute Gasteiger partial charge is 0.154 e. The predicted molar refractivity (Wildman–Crippen MR) is 86.4 cm³/mol. The molecule has 1 saturated heterocycles. The predicted octanol–water partition coefficient (Wildman–Crippen LogP) is 1.38. The zero-order valence-corrected chi connectivity index (χ0v) is 13.5. The molecule has 0 radical (unpaired) electrons. The number of aromatic amines is 1. The van der Waals surface area contributed by atoms with Crippen molar-refractivity contribution in [1.29, 1.82) is 0 Å². The molecule has 4 rings (SSSR count). The van der Waals surface area contributed by atoms with Crippen LogP contribution in [-0.4, -0.2) is 47.7 Å². The van der Waals surface area contributed by atoms with Crippen LogP contribution in [0.3, 0.4) is 0 Å². The van der Waals surface area contributed by atoms with Crippen molar-refractivity contribution in [3.8, 4) is 0 Å². The molecule has 126 valence electrons. The van der Waals surface area contributed by atoms with Crippen LogP contribution in [-0.2, 0) is 24.2 Å². The van der Waals surface area contributed by atoms with Gasteiger partial charge in [-0.25, -0.2) is 14.6 Å². The van der Waals surface area contributed by atoms with Crippen LogP contribution < -0.4 is 0 Å². The standard InChI is InChI=1S/C16H21N7O/c1-5-19-22(6-1)11-15-20-16(13-3-8-24-9-4-13)21-23(15)7-2-14-10-17-12-18-14/h1,5-6,10,12-13H,2-4,7-9,11H2,(H,17,18). The summed E-state index contributed by atoms with van der Waals surface area (Å²) in [5.74, 6) is 2.27. The second-order valence-electron chi connectivity index (χ2n) is 6.03. The van der Waals surface area contributed by atoms with Crippen molar-refractivity contribution < 1.29 is 4.74 Å². The molecule has 3 aromatic heterocycles. The van der Waals surface area contributed by atoms with E-state index >= 15 is 0 Å². The average molecular weight is 327 g/mol. The first kappa shape index (κ1) is 15.1. The molecule has 8 nitrogen and oxygen atoms in total. The third-order valence-corrected chi connectivity index (χ3v) is 4.36. The fourth-order valence-corrected chi connectivity index (χ4v) is 3.01. The highest BCUT2D eigenvalue weighted by molar-refractivity contribution is 5.02. The molecule has 1 aliphatic heterocycles. The van der Waals surface area contributed by atoms with Crippen molar-refractivity contribution in [1.82, 2.24) is 34.5 Å². The van der Waals surface area contributed by atoms with E-state index in [4.69, 9.17) is 14.8 Å². The first-order valence-electron chi connectivity index (χ1n) is 8.34. The SMILES string of the molecule is c1cnn(Cc2nc(C3CCOCC3)nn2CCc2cnc[nH]2)c1. The summed E-state index contributed by atoms with van der Waals surface area (Å²) in [6.07, 6.45) is 10.1. The van der Waals surface area contributed by atoms with E-state index < -0.39 is 0 Å². The Labute approximate surface area is 139 Å². The molecule has 0 unspecified atom stereocenters. The minimum Gasteiger partial charge on any atom is -0.381 e. The van der Waals surface area contributed by atoms with Crippen molar-refractivity contribution in [2.75, 3.05) is 13.2 Å². The molecule has 3 aromatic rings. The highest BCUT2D eigenvalue weighted by Gasteiger charge is 2.22. The summed E-state index contributed by atoms with van der Waals surface area (Å²) in [6, 6.07) is 1.92. The molecule has 0 atom stereocenters. The summed E-state index contributed by atoms with van der Waals surface area (Å²) in [5.41, 5.74) is 1.10. The molecular weight excluding hydrogens is 306 g/mol. The first-order valence-corrected chi connectivity index (χ1v) is 8.34. The summed E-state index contributed by atoms with van der Waals surface area (Å²) in [5, 5.41) is 9.07. The maximum Gasteiger partial charge on any atom is 0.154 e. The van der Waals surface area contributed by atoms with Crippen LogP contribution in [0.15, 0.2) is 31.0 Å². The number of ether oxygens (including phenoxy) is 1. The van der Waals surface area contributed by atoms with Gasteiger partial charge in [0.15, 0.2) is 5.82 Å². The van der Waals surface area contributed by atoms with Crippen LogP contribution in [0.25, 0.3) is 0 Å². The van der Waals surface area contributed by atoms with Crippen LogP contribution in [0.2, 0.25) is 0 Å². The van der Waals surface area contributed by atoms with Crippen LogP contribution in [0.5, 0.6) is 0 Å². The van der Waals surface area contributed by atoms with E-state index in [1.165, 1.54) is 0 Å². The lowest BCUT2D eigenvalue weighted by atomic mass is 10.00. The van der Waals surface area contributed by atoms with Crippen molar-refractivity contribution in [3.05, 3.63) is 48.3 Å². The number of rotatable bonds is 6. The van der Waals surface area contributed by atoms with Crippen LogP contribution in [0.4, 0.5) is 0 Å². The molecule has 1 fully saturated rings. The van der Waals surface area contributed by atoms with Gasteiger partial charge in [0.05, 0.1) is 6.33 Å². The van der Waals surface area contributed by atoms with Gasteiger partial charge in [-0.2, -0.15) is 10.2 Å². The van der Waals surface area contributed by atoms with Crippen LogP contribution in [0.1, 0.15) is 36.1 Å². The van der Waals surface area contributed by atoms with E-state index in [0.717, 1.165) is 56.4 Å². The van der Waals surface area contributed by atoms with Crippen LogP contribution in [0, 0.1) is 0 Å². The van der Waals surface area contributed by atoms with Gasteiger partial charge in [-0.05, 0) is 18.9 Å². The van der Waals surface area contributed by atoms with Gasteiger partial charge in [0.2, 0.25) is 0 Å². The van der Waals surface area contributed by atoms with Gasteiger partial charge in [0.25, 0.3) is 0 Å². The topological polar surface area (TPSA) is 86.4 Å². The fourth-order valence-electron chi connectivity index (χ4n) is 3.01. The molecule has 0 aromatic carbocycles. The summed E-state index contributed by atoms with van der Waals surface area (Å²) >= 11 is 0. The third-order valence-electron chi connectivity index (χ3n) is 4.36. The Morgan fingerprint density at radius 1 is 1.29 bits per heavy atom. The summed E-state index contributed by atoms with van der Waals surface area (Å²) in [4.78, 5) is 12.0. The van der Waals surface area contributed by atoms with E-state index in [1.807, 2.05) is 27.8 Å². The maximum absolute atomic E-state index is 5.45. The minimum absolute atomic E-state index is 0.392. The van der Waals surface area contributed by atoms with Crippen molar-refractivity contribution in [2.45, 2.75) is 38.3 Å². The summed E-state index contributed by atoms with van der Waals surface area (Å²) < 4.78 is 9.34. The van der Waals surface area contributed by atoms with Gasteiger partial charge in [-0.15, -0.1) is 0 Å². The number of hydrogen-bond donors (Lipinski definition) is 1. The van der Waals surface area contributed by atoms with Crippen LogP contribution >= 0.6 is 0 Å². The van der Waals surface area contributed by atoms with E-state index in [0.29, 0.717) is 12.5 Å². The monoisotopic (exact) mass is 327 g/mol. The molecule has 4 heterocycles. The number of aryl methyl sites for hydroxylation is 2. The average Bonchev–Trinajstić information content (AvgIpc) is 3.37. The largest absolute Gasteiger partial charge is 0.381 e. The van der Waals surface area contributed by atoms with Crippen molar-refractivity contribution >= 4 is 0 Å². The van der Waals surface area contributed by atoms with Crippen molar-refractivity contribution in [2.24, 2.45) is 0 Å². The maximum atomic E-state index is 5.45. The molecule has 1 N–H and O–H groups in total. The number of nitrogens with one attached hydrogen (secondary N) is 1. The van der Waals surface area contributed by atoms with Gasteiger partial charge < -0.3 is 9.72 Å². The van der Waals surface area contributed by atoms with Gasteiger partial charge in [0.1, 0.15) is 12.4 Å². The van der Waals surface area contributed by atoms with Gasteiger partial charge in [-0.1, -0.05) is 0 Å². The third kappa shape index (κ3) is 3.38. The second kappa shape index (κ2) is 6.96. The Hall–Kier alpha value is -2.48. The zero-order valence-electron chi connectivity index (χ0n) is 13.5. The van der Waals surface area contributed by atoms with E-state index in [9.17, 15) is 0 Å². The van der Waals surface area contributed by atoms with Gasteiger partial charge >= 0.3 is 0 Å². The number of aromatic nitrogens is 7. The summed E-state index contributed by atoms with van der Waals surface area (Å²) in [6.45, 7) is 2.99. The Morgan fingerprint density at radius 3 is 2.96 bits per heavy atom. The number of hydrogen-bond acceptors (Lipinski definition) is 5. The second-order valence-corrected chi connectivity index (χ2v) is 6.03. The molecule has 0 saturated carbocycles. The quantitative estimate of drug-likeness (QED) is 0.739. The Kier molecular flexibility index (Phi) is 4.37. The molecule has 1 aliphatic rings. The molecule has 8 heteroatoms. The van der Waals surface area contributed by atoms with E-state index in [2.05, 4.69) is 15.1 Å². The number of H-pyrrole nitrogens is 1. The lowest BCUT2D eigenvalue weighted by Gasteiger charge is -2.18. The molecule has 0 amide bonds. The minimum atomic E-state index is 0.392. The molecular formula is C16H21N7O. The van der Waals surface area contributed by atoms with Gasteiger partial charge in [-0.3, -0.25) is 4.68 Å². The number of imidazole rings is 1. The first-order chi connectivity index (χ1) is 11.9. The van der Waals surface area contributed by atoms with Crippen molar-refractivity contribution in [3.63, 3.8) is 0 Å². The Bertz CT molecular complexity index is 742. The molecule has 0 bridgehead atoms. The Morgan fingerprint density at radius 2 is 2.21 bits per heavy atom. The highest BCUT2D eigenvalue weighted by Crippen LogP contribution is 2.24. The highest BCUT2D eigenvalue weighted by atomic mass is 16.5. The molecule has 0 aliphatic carbocycles. The lowest BCUT2D eigenvalue weighted by Crippen LogP contribution is -2.15. The zero-order chi connectivity index (χ0) is 16.2. The lowest BCUT2D eigenvalue weighted by molar-refractivity contribution is 0.0835. The summed E-state index contributed by atoms with van der Waals surface area (Å²) in [7, 11) is 0. The molecule has 0 spiro atoms. The van der Waals surface area contributed by atoms with E-state index in [-0.39, 0.29) is 0 Å².